The van der Waals surface area contributed by atoms with Crippen LogP contribution in [0.25, 0.3) is 0 Å². The van der Waals surface area contributed by atoms with Crippen molar-refractivity contribution in [3.8, 4) is 0 Å². The minimum absolute atomic E-state index is 0.0726. The van der Waals surface area contributed by atoms with Gasteiger partial charge in [-0.2, -0.15) is 0 Å². The highest BCUT2D eigenvalue weighted by molar-refractivity contribution is 5.77. The Morgan fingerprint density at radius 3 is 2.52 bits per heavy atom. The molecule has 2 rings (SSSR count). The maximum Gasteiger partial charge on any atom is 0.233 e. The molecule has 1 N–H and O–H groups in total. The number of anilines is 1. The van der Waals surface area contributed by atoms with Crippen molar-refractivity contribution in [1.29, 1.82) is 0 Å². The van der Waals surface area contributed by atoms with E-state index in [2.05, 4.69) is 38.9 Å². The Hall–Kier alpha value is -1.69. The van der Waals surface area contributed by atoms with Gasteiger partial charge in [-0.05, 0) is 6.92 Å². The van der Waals surface area contributed by atoms with Crippen molar-refractivity contribution < 1.29 is 4.79 Å². The first-order chi connectivity index (χ1) is 9.99. The second-order valence-corrected chi connectivity index (χ2v) is 5.82. The molecule has 1 saturated heterocycles. The lowest BCUT2D eigenvalue weighted by molar-refractivity contribution is -0.121. The van der Waals surface area contributed by atoms with Gasteiger partial charge < -0.3 is 10.2 Å². The van der Waals surface area contributed by atoms with Crippen LogP contribution >= 0.6 is 0 Å². The third-order valence-electron chi connectivity index (χ3n) is 3.72. The largest absolute Gasteiger partial charge is 0.358 e. The number of piperazine rings is 1. The first-order valence-electron chi connectivity index (χ1n) is 7.53. The fourth-order valence-corrected chi connectivity index (χ4v) is 2.41. The Morgan fingerprint density at radius 2 is 1.95 bits per heavy atom. The van der Waals surface area contributed by atoms with Crippen molar-refractivity contribution >= 4 is 11.7 Å². The highest BCUT2D eigenvalue weighted by atomic mass is 16.1. The number of nitrogens with zero attached hydrogens (tertiary/aromatic N) is 4. The van der Waals surface area contributed by atoms with E-state index in [9.17, 15) is 4.79 Å². The van der Waals surface area contributed by atoms with E-state index in [1.807, 2.05) is 13.0 Å². The van der Waals surface area contributed by atoms with Crippen LogP contribution in [0.1, 0.15) is 31.3 Å². The summed E-state index contributed by atoms with van der Waals surface area (Å²) in [5, 5.41) is 2.67. The molecule has 21 heavy (non-hydrogen) atoms. The summed E-state index contributed by atoms with van der Waals surface area (Å²) in [6, 6.07) is 2.04. The monoisotopic (exact) mass is 291 g/mol. The number of aromatic nitrogens is 2. The summed E-state index contributed by atoms with van der Waals surface area (Å²) in [5.74, 6) is 2.31. The number of likely N-dealkylation sites (N-methyl/N-ethyl adjacent to an activating group) is 1. The van der Waals surface area contributed by atoms with Gasteiger partial charge in [0, 0.05) is 50.9 Å². The van der Waals surface area contributed by atoms with Gasteiger partial charge in [0.05, 0.1) is 6.54 Å². The molecule has 1 aromatic heterocycles. The number of carbonyl (C=O) groups is 1. The molecule has 6 nitrogen and oxygen atoms in total. The molecule has 0 aliphatic carbocycles. The molecule has 6 heteroatoms. The summed E-state index contributed by atoms with van der Waals surface area (Å²) in [6.07, 6.45) is 0. The van der Waals surface area contributed by atoms with Crippen molar-refractivity contribution in [2.45, 2.75) is 26.7 Å². The van der Waals surface area contributed by atoms with E-state index >= 15 is 0 Å². The molecule has 0 saturated carbocycles. The predicted molar refractivity (Wildman–Crippen MR) is 83.6 cm³/mol. The van der Waals surface area contributed by atoms with Gasteiger partial charge in [-0.15, -0.1) is 0 Å². The number of amides is 1. The molecule has 1 aliphatic heterocycles. The molecule has 0 bridgehead atoms. The molecule has 1 aliphatic rings. The third kappa shape index (κ3) is 4.14. The topological polar surface area (TPSA) is 61.4 Å². The SMILES string of the molecule is CNC(=O)CN1CCN(c2cc(C)nc(C(C)C)n2)CC1. The highest BCUT2D eigenvalue weighted by Gasteiger charge is 2.20. The van der Waals surface area contributed by atoms with Crippen molar-refractivity contribution in [1.82, 2.24) is 20.2 Å². The van der Waals surface area contributed by atoms with Gasteiger partial charge in [-0.3, -0.25) is 9.69 Å². The number of rotatable bonds is 4. The van der Waals surface area contributed by atoms with E-state index < -0.39 is 0 Å². The molecule has 1 fully saturated rings. The van der Waals surface area contributed by atoms with Crippen LogP contribution in [0.2, 0.25) is 0 Å². The Kier molecular flexibility index (Phi) is 5.12. The van der Waals surface area contributed by atoms with Crippen LogP contribution in [0.4, 0.5) is 5.82 Å². The minimum atomic E-state index is 0.0726. The molecule has 0 atom stereocenters. The molecule has 0 aromatic carbocycles. The zero-order valence-corrected chi connectivity index (χ0v) is 13.4. The van der Waals surface area contributed by atoms with E-state index in [1.54, 1.807) is 7.05 Å². The van der Waals surface area contributed by atoms with E-state index in [-0.39, 0.29) is 5.91 Å². The van der Waals surface area contributed by atoms with Gasteiger partial charge in [-0.1, -0.05) is 13.8 Å². The summed E-state index contributed by atoms with van der Waals surface area (Å²) in [5.41, 5.74) is 1.01. The Bertz CT molecular complexity index is 495. The van der Waals surface area contributed by atoms with Gasteiger partial charge >= 0.3 is 0 Å². The lowest BCUT2D eigenvalue weighted by Crippen LogP contribution is -2.49. The number of carbonyl (C=O) groups excluding carboxylic acids is 1. The van der Waals surface area contributed by atoms with Crippen molar-refractivity contribution in [2.24, 2.45) is 0 Å². The molecular weight excluding hydrogens is 266 g/mol. The summed E-state index contributed by atoms with van der Waals surface area (Å²) in [7, 11) is 1.68. The summed E-state index contributed by atoms with van der Waals surface area (Å²) in [6.45, 7) is 10.3. The van der Waals surface area contributed by atoms with Crippen molar-refractivity contribution in [2.75, 3.05) is 44.7 Å². The number of nitrogens with one attached hydrogen (secondary N) is 1. The quantitative estimate of drug-likeness (QED) is 0.888. The first kappa shape index (κ1) is 15.7. The molecule has 1 amide bonds. The summed E-state index contributed by atoms with van der Waals surface area (Å²) in [4.78, 5) is 25.0. The van der Waals surface area contributed by atoms with Crippen LogP contribution in [0, 0.1) is 6.92 Å². The zero-order chi connectivity index (χ0) is 15.4. The van der Waals surface area contributed by atoms with E-state index in [1.165, 1.54) is 0 Å². The maximum absolute atomic E-state index is 11.4. The molecule has 1 aromatic rings. The fraction of sp³-hybridized carbons (Fsp3) is 0.667. The van der Waals surface area contributed by atoms with E-state index in [0.717, 1.165) is 43.5 Å². The predicted octanol–water partition coefficient (Wildman–Crippen LogP) is 0.776. The molecule has 116 valence electrons. The average molecular weight is 291 g/mol. The average Bonchev–Trinajstić information content (AvgIpc) is 2.47. The lowest BCUT2D eigenvalue weighted by Gasteiger charge is -2.35. The van der Waals surface area contributed by atoms with Gasteiger partial charge in [0.15, 0.2) is 0 Å². The lowest BCUT2D eigenvalue weighted by atomic mass is 10.2. The zero-order valence-electron chi connectivity index (χ0n) is 13.4. The number of aryl methyl sites for hydroxylation is 1. The summed E-state index contributed by atoms with van der Waals surface area (Å²) < 4.78 is 0. The van der Waals surface area contributed by atoms with Crippen molar-refractivity contribution in [3.05, 3.63) is 17.6 Å². The Labute approximate surface area is 126 Å². The number of hydrogen-bond donors (Lipinski definition) is 1. The standard InChI is InChI=1S/C15H25N5O/c1-11(2)15-17-12(3)9-13(18-15)20-7-5-19(6-8-20)10-14(21)16-4/h9,11H,5-8,10H2,1-4H3,(H,16,21). The summed E-state index contributed by atoms with van der Waals surface area (Å²) >= 11 is 0. The van der Waals surface area contributed by atoms with Gasteiger partial charge in [0.1, 0.15) is 11.6 Å². The Morgan fingerprint density at radius 1 is 1.29 bits per heavy atom. The van der Waals surface area contributed by atoms with Crippen LogP contribution in [0.5, 0.6) is 0 Å². The minimum Gasteiger partial charge on any atom is -0.358 e. The molecule has 2 heterocycles. The van der Waals surface area contributed by atoms with Gasteiger partial charge in [0.25, 0.3) is 0 Å². The van der Waals surface area contributed by atoms with Crippen LogP contribution in [0.3, 0.4) is 0 Å². The second kappa shape index (κ2) is 6.85. The van der Waals surface area contributed by atoms with Crippen LogP contribution in [0.15, 0.2) is 6.07 Å². The highest BCUT2D eigenvalue weighted by Crippen LogP contribution is 2.18. The molecule has 0 spiro atoms. The number of hydrogen-bond acceptors (Lipinski definition) is 5. The van der Waals surface area contributed by atoms with Gasteiger partial charge in [0.2, 0.25) is 5.91 Å². The third-order valence-corrected chi connectivity index (χ3v) is 3.72. The Balaban J connectivity index is 2.00. The maximum atomic E-state index is 11.4. The molecule has 0 unspecified atom stereocenters. The smallest absolute Gasteiger partial charge is 0.233 e. The van der Waals surface area contributed by atoms with E-state index in [4.69, 9.17) is 0 Å². The van der Waals surface area contributed by atoms with E-state index in [0.29, 0.717) is 12.5 Å². The van der Waals surface area contributed by atoms with Crippen LogP contribution in [-0.2, 0) is 4.79 Å². The molecular formula is C15H25N5O. The van der Waals surface area contributed by atoms with Crippen LogP contribution in [-0.4, -0.2) is 60.5 Å². The van der Waals surface area contributed by atoms with Crippen molar-refractivity contribution in [3.63, 3.8) is 0 Å². The fourth-order valence-electron chi connectivity index (χ4n) is 2.41. The van der Waals surface area contributed by atoms with Crippen LogP contribution < -0.4 is 10.2 Å². The normalized spacial score (nSPS) is 16.3. The first-order valence-corrected chi connectivity index (χ1v) is 7.53. The molecule has 0 radical (unpaired) electrons. The van der Waals surface area contributed by atoms with Gasteiger partial charge in [-0.25, -0.2) is 9.97 Å². The second-order valence-electron chi connectivity index (χ2n) is 5.82.